The first kappa shape index (κ1) is 8.92. The zero-order valence-electron chi connectivity index (χ0n) is 6.52. The largest absolute Gasteiger partial charge is 0.323 e. The third kappa shape index (κ3) is 4.42. The van der Waals surface area contributed by atoms with E-state index >= 15 is 0 Å². The van der Waals surface area contributed by atoms with Crippen molar-refractivity contribution in [1.29, 1.82) is 0 Å². The molecule has 2 radical (unpaired) electrons. The molecule has 0 unspecified atom stereocenters. The molecule has 0 atom stereocenters. The summed E-state index contributed by atoms with van der Waals surface area (Å²) in [6.45, 7) is 8.79. The lowest BCUT2D eigenvalue weighted by atomic mass is 10.7. The Morgan fingerprint density at radius 3 is 2.22 bits per heavy atom. The highest BCUT2D eigenvalue weighted by atomic mass is 28.2. The molecule has 0 heterocycles. The Hall–Kier alpha value is -0.0831. The van der Waals surface area contributed by atoms with Gasteiger partial charge in [0, 0.05) is 0 Å². The van der Waals surface area contributed by atoms with Crippen LogP contribution in [0, 0.1) is 0 Å². The zero-order valence-corrected chi connectivity index (χ0v) is 7.52. The van der Waals surface area contributed by atoms with Gasteiger partial charge in [0.2, 0.25) is 0 Å². The van der Waals surface area contributed by atoms with E-state index in [1.165, 1.54) is 13.1 Å². The molecular formula is C7H15NSi. The lowest BCUT2D eigenvalue weighted by molar-refractivity contribution is 0.498. The van der Waals surface area contributed by atoms with Crippen molar-refractivity contribution in [3.63, 3.8) is 0 Å². The molecule has 0 N–H and O–H groups in total. The van der Waals surface area contributed by atoms with Crippen molar-refractivity contribution < 1.29 is 0 Å². The predicted octanol–water partition coefficient (Wildman–Crippen LogP) is 1.48. The predicted molar refractivity (Wildman–Crippen MR) is 43.5 cm³/mol. The first-order valence-corrected chi connectivity index (χ1v) is 4.49. The summed E-state index contributed by atoms with van der Waals surface area (Å²) < 4.78 is 2.40. The molecule has 0 amide bonds. The fraction of sp³-hybridized carbons (Fsp3) is 0.714. The van der Waals surface area contributed by atoms with Gasteiger partial charge in [-0.25, -0.2) is 0 Å². The molecule has 0 bridgehead atoms. The maximum absolute atomic E-state index is 2.40. The third-order valence-electron chi connectivity index (χ3n) is 1.19. The Morgan fingerprint density at radius 1 is 1.33 bits per heavy atom. The van der Waals surface area contributed by atoms with Crippen molar-refractivity contribution in [3.05, 3.63) is 11.8 Å². The highest BCUT2D eigenvalue weighted by molar-refractivity contribution is 6.38. The number of hydrogen-bond acceptors (Lipinski definition) is 1. The van der Waals surface area contributed by atoms with E-state index in [2.05, 4.69) is 37.1 Å². The van der Waals surface area contributed by atoms with Gasteiger partial charge in [-0.05, 0) is 20.0 Å². The first-order chi connectivity index (χ1) is 4.35. The summed E-state index contributed by atoms with van der Waals surface area (Å²) in [6.07, 6.45) is 2.11. The Bertz CT molecular complexity index is 77.0. The summed E-state index contributed by atoms with van der Waals surface area (Å²) in [5, 5.41) is 0. The molecule has 0 aromatic heterocycles. The maximum Gasteiger partial charge on any atom is 0.174 e. The molecule has 0 aliphatic carbocycles. The zero-order chi connectivity index (χ0) is 7.11. The van der Waals surface area contributed by atoms with Crippen LogP contribution >= 0.6 is 0 Å². The summed E-state index contributed by atoms with van der Waals surface area (Å²) in [6, 6.07) is 0. The summed E-state index contributed by atoms with van der Waals surface area (Å²) in [5.41, 5.74) is 2.22. The van der Waals surface area contributed by atoms with Crippen LogP contribution in [0.5, 0.6) is 0 Å². The molecule has 0 aliphatic heterocycles. The minimum atomic E-state index is 0.876. The lowest BCUT2D eigenvalue weighted by Gasteiger charge is -2.13. The van der Waals surface area contributed by atoms with E-state index in [9.17, 15) is 0 Å². The Labute approximate surface area is 60.7 Å². The van der Waals surface area contributed by atoms with Gasteiger partial charge >= 0.3 is 0 Å². The second-order valence-electron chi connectivity index (χ2n) is 1.80. The molecule has 2 heteroatoms. The first-order valence-electron chi connectivity index (χ1n) is 3.47. The van der Waals surface area contributed by atoms with E-state index in [0.717, 1.165) is 9.68 Å². The Morgan fingerprint density at radius 2 is 1.89 bits per heavy atom. The SMILES string of the molecule is CC=C[Si]N(CC)CC. The van der Waals surface area contributed by atoms with Crippen LogP contribution in [0.1, 0.15) is 20.8 Å². The van der Waals surface area contributed by atoms with E-state index in [1.54, 1.807) is 0 Å². The maximum atomic E-state index is 2.40. The van der Waals surface area contributed by atoms with Gasteiger partial charge in [-0.2, -0.15) is 0 Å². The molecule has 52 valence electrons. The fourth-order valence-electron chi connectivity index (χ4n) is 0.586. The lowest BCUT2D eigenvalue weighted by Crippen LogP contribution is -2.25. The van der Waals surface area contributed by atoms with E-state index in [1.807, 2.05) is 0 Å². The van der Waals surface area contributed by atoms with Crippen molar-refractivity contribution in [2.24, 2.45) is 0 Å². The molecule has 0 spiro atoms. The normalized spacial score (nSPS) is 11.6. The average Bonchev–Trinajstić information content (AvgIpc) is 1.91. The van der Waals surface area contributed by atoms with Crippen LogP contribution in [0.3, 0.4) is 0 Å². The van der Waals surface area contributed by atoms with E-state index in [-0.39, 0.29) is 0 Å². The molecule has 0 rings (SSSR count). The monoisotopic (exact) mass is 141 g/mol. The summed E-state index contributed by atoms with van der Waals surface area (Å²) >= 11 is 0. The topological polar surface area (TPSA) is 3.24 Å². The molecule has 0 aromatic carbocycles. The highest BCUT2D eigenvalue weighted by Crippen LogP contribution is 1.82. The molecule has 1 nitrogen and oxygen atoms in total. The van der Waals surface area contributed by atoms with E-state index < -0.39 is 0 Å². The number of rotatable bonds is 4. The van der Waals surface area contributed by atoms with Gasteiger partial charge in [0.25, 0.3) is 0 Å². The highest BCUT2D eigenvalue weighted by Gasteiger charge is 1.93. The molecule has 0 aliphatic rings. The summed E-state index contributed by atoms with van der Waals surface area (Å²) in [4.78, 5) is 0. The minimum Gasteiger partial charge on any atom is -0.323 e. The van der Waals surface area contributed by atoms with Crippen molar-refractivity contribution in [2.45, 2.75) is 20.8 Å². The van der Waals surface area contributed by atoms with Crippen LogP contribution in [0.2, 0.25) is 0 Å². The second kappa shape index (κ2) is 6.04. The van der Waals surface area contributed by atoms with Crippen molar-refractivity contribution in [3.8, 4) is 0 Å². The fourth-order valence-corrected chi connectivity index (χ4v) is 1.31. The molecule has 0 fully saturated rings. The smallest absolute Gasteiger partial charge is 0.174 e. The minimum absolute atomic E-state index is 0.876. The van der Waals surface area contributed by atoms with Gasteiger partial charge in [0.15, 0.2) is 9.68 Å². The van der Waals surface area contributed by atoms with Crippen LogP contribution in [0.25, 0.3) is 0 Å². The van der Waals surface area contributed by atoms with Crippen LogP contribution in [-0.4, -0.2) is 27.3 Å². The van der Waals surface area contributed by atoms with E-state index in [0.29, 0.717) is 0 Å². The van der Waals surface area contributed by atoms with Crippen LogP contribution in [0.15, 0.2) is 11.8 Å². The van der Waals surface area contributed by atoms with E-state index in [4.69, 9.17) is 0 Å². The van der Waals surface area contributed by atoms with Gasteiger partial charge in [0.05, 0.1) is 0 Å². The van der Waals surface area contributed by atoms with Gasteiger partial charge in [-0.1, -0.05) is 25.6 Å². The van der Waals surface area contributed by atoms with Crippen molar-refractivity contribution in [2.75, 3.05) is 13.1 Å². The standard InChI is InChI=1S/C7H15NSi/c1-4-7-9-8(5-2)6-3/h4,7H,5-6H2,1-3H3. The number of allylic oxidation sites excluding steroid dienone is 1. The second-order valence-corrected chi connectivity index (χ2v) is 3.03. The van der Waals surface area contributed by atoms with Gasteiger partial charge in [0.1, 0.15) is 0 Å². The van der Waals surface area contributed by atoms with Gasteiger partial charge in [-0.15, -0.1) is 0 Å². The van der Waals surface area contributed by atoms with Crippen LogP contribution in [0.4, 0.5) is 0 Å². The molecule has 0 saturated carbocycles. The molecular weight excluding hydrogens is 126 g/mol. The van der Waals surface area contributed by atoms with Crippen molar-refractivity contribution >= 4 is 9.68 Å². The molecule has 0 aromatic rings. The Balaban J connectivity index is 3.31. The van der Waals surface area contributed by atoms with Crippen LogP contribution < -0.4 is 0 Å². The van der Waals surface area contributed by atoms with Crippen LogP contribution in [-0.2, 0) is 0 Å². The molecule has 0 saturated heterocycles. The number of nitrogens with zero attached hydrogens (tertiary/aromatic N) is 1. The summed E-state index contributed by atoms with van der Waals surface area (Å²) in [7, 11) is 0.876. The quantitative estimate of drug-likeness (QED) is 0.536. The number of hydrogen-bond donors (Lipinski definition) is 0. The Kier molecular flexibility index (Phi) is 5.99. The third-order valence-corrected chi connectivity index (χ3v) is 2.67. The van der Waals surface area contributed by atoms with Crippen molar-refractivity contribution in [1.82, 2.24) is 4.57 Å². The van der Waals surface area contributed by atoms with Gasteiger partial charge in [-0.3, -0.25) is 0 Å². The average molecular weight is 141 g/mol. The molecule has 9 heavy (non-hydrogen) atoms. The van der Waals surface area contributed by atoms with Gasteiger partial charge < -0.3 is 4.57 Å². The summed E-state index contributed by atoms with van der Waals surface area (Å²) in [5.74, 6) is 0.